The van der Waals surface area contributed by atoms with E-state index in [0.29, 0.717) is 23.1 Å². The van der Waals surface area contributed by atoms with Crippen LogP contribution in [0.4, 0.5) is 15.2 Å². The van der Waals surface area contributed by atoms with Gasteiger partial charge in [0.05, 0.1) is 13.7 Å². The lowest BCUT2D eigenvalue weighted by molar-refractivity contribution is -0.114. The highest BCUT2D eigenvalue weighted by atomic mass is 32.1. The minimum atomic E-state index is -0.345. The minimum absolute atomic E-state index is 0.116. The number of ether oxygens (including phenoxy) is 1. The topological polar surface area (TPSA) is 67.3 Å². The summed E-state index contributed by atoms with van der Waals surface area (Å²) in [6, 6.07) is 13.4. The fourth-order valence-corrected chi connectivity index (χ4v) is 3.10. The van der Waals surface area contributed by atoms with Crippen molar-refractivity contribution in [1.29, 1.82) is 0 Å². The van der Waals surface area contributed by atoms with E-state index < -0.39 is 0 Å². The molecule has 3 aromatic rings. The molecule has 0 saturated carbocycles. The third-order valence-corrected chi connectivity index (χ3v) is 4.66. The first-order valence-corrected chi connectivity index (χ1v) is 9.03. The minimum Gasteiger partial charge on any atom is -0.497 e. The van der Waals surface area contributed by atoms with Crippen molar-refractivity contribution in [3.8, 4) is 5.75 Å². The molecule has 1 amide bonds. The van der Waals surface area contributed by atoms with Gasteiger partial charge in [0.15, 0.2) is 0 Å². The number of hydrogen-bond acceptors (Lipinski definition) is 6. The first-order valence-electron chi connectivity index (χ1n) is 8.25. The molecule has 1 aromatic heterocycles. The molecular formula is C19H19FN4O2S. The maximum Gasteiger partial charge on any atom is 0.243 e. The van der Waals surface area contributed by atoms with Crippen molar-refractivity contribution in [2.45, 2.75) is 6.42 Å². The highest BCUT2D eigenvalue weighted by Crippen LogP contribution is 2.20. The molecule has 3 rings (SSSR count). The molecular weight excluding hydrogens is 367 g/mol. The van der Waals surface area contributed by atoms with Crippen molar-refractivity contribution in [3.05, 3.63) is 65.7 Å². The largest absolute Gasteiger partial charge is 0.497 e. The number of rotatable bonds is 7. The Morgan fingerprint density at radius 1 is 1.26 bits per heavy atom. The van der Waals surface area contributed by atoms with Crippen LogP contribution >= 0.6 is 11.5 Å². The van der Waals surface area contributed by atoms with Crippen LogP contribution in [-0.2, 0) is 11.2 Å². The van der Waals surface area contributed by atoms with E-state index in [1.54, 1.807) is 19.1 Å². The predicted molar refractivity (Wildman–Crippen MR) is 104 cm³/mol. The van der Waals surface area contributed by atoms with E-state index >= 15 is 0 Å². The van der Waals surface area contributed by atoms with Gasteiger partial charge in [-0.05, 0) is 42.0 Å². The Labute approximate surface area is 160 Å². The van der Waals surface area contributed by atoms with Crippen molar-refractivity contribution in [3.63, 3.8) is 0 Å². The van der Waals surface area contributed by atoms with Crippen molar-refractivity contribution < 1.29 is 13.9 Å². The Bertz CT molecular complexity index is 914. The molecule has 1 N–H and O–H groups in total. The zero-order valence-corrected chi connectivity index (χ0v) is 15.8. The van der Waals surface area contributed by atoms with Crippen LogP contribution in [0.5, 0.6) is 5.75 Å². The molecule has 0 atom stereocenters. The number of hydrogen-bond donors (Lipinski definition) is 1. The highest BCUT2D eigenvalue weighted by Gasteiger charge is 2.13. The van der Waals surface area contributed by atoms with Crippen LogP contribution in [0.3, 0.4) is 0 Å². The van der Waals surface area contributed by atoms with Gasteiger partial charge in [0.25, 0.3) is 0 Å². The van der Waals surface area contributed by atoms with Gasteiger partial charge >= 0.3 is 0 Å². The van der Waals surface area contributed by atoms with E-state index in [9.17, 15) is 9.18 Å². The van der Waals surface area contributed by atoms with Gasteiger partial charge in [0.2, 0.25) is 11.0 Å². The zero-order valence-electron chi connectivity index (χ0n) is 15.0. The van der Waals surface area contributed by atoms with Gasteiger partial charge in [-0.3, -0.25) is 4.79 Å². The Morgan fingerprint density at radius 2 is 2.04 bits per heavy atom. The lowest BCUT2D eigenvalue weighted by Gasteiger charge is -2.14. The van der Waals surface area contributed by atoms with Crippen molar-refractivity contribution in [1.82, 2.24) is 9.36 Å². The van der Waals surface area contributed by atoms with Gasteiger partial charge in [-0.2, -0.15) is 4.37 Å². The van der Waals surface area contributed by atoms with Gasteiger partial charge < -0.3 is 15.0 Å². The fraction of sp³-hybridized carbons (Fsp3) is 0.211. The summed E-state index contributed by atoms with van der Waals surface area (Å²) >= 11 is 1.24. The van der Waals surface area contributed by atoms with Crippen molar-refractivity contribution in [2.24, 2.45) is 0 Å². The number of benzene rings is 2. The molecule has 0 aliphatic heterocycles. The van der Waals surface area contributed by atoms with E-state index in [2.05, 4.69) is 14.7 Å². The number of nitrogens with zero attached hydrogens (tertiary/aromatic N) is 3. The number of likely N-dealkylation sites (N-methyl/N-ethyl adjacent to an activating group) is 1. The third kappa shape index (κ3) is 5.24. The summed E-state index contributed by atoms with van der Waals surface area (Å²) in [5.41, 5.74) is 1.60. The predicted octanol–water partition coefficient (Wildman–Crippen LogP) is 3.35. The first-order chi connectivity index (χ1) is 13.0. The summed E-state index contributed by atoms with van der Waals surface area (Å²) in [5, 5.41) is 3.38. The molecule has 0 fully saturated rings. The highest BCUT2D eigenvalue weighted by molar-refractivity contribution is 7.09. The summed E-state index contributed by atoms with van der Waals surface area (Å²) in [7, 11) is 3.41. The molecule has 6 nitrogen and oxygen atoms in total. The smallest absolute Gasteiger partial charge is 0.243 e. The summed E-state index contributed by atoms with van der Waals surface area (Å²) in [6.07, 6.45) is 0.587. The molecule has 8 heteroatoms. The molecule has 1 heterocycles. The second-order valence-electron chi connectivity index (χ2n) is 5.93. The van der Waals surface area contributed by atoms with Crippen LogP contribution < -0.4 is 15.0 Å². The number of amides is 1. The van der Waals surface area contributed by atoms with Gasteiger partial charge in [-0.25, -0.2) is 9.37 Å². The number of aromatic nitrogens is 2. The molecule has 0 unspecified atom stereocenters. The standard InChI is InChI=1S/C19H19FN4O2S/c1-24(12-18(25)21-15-8-6-14(20)7-9-15)19-22-17(23-27-19)11-13-4-3-5-16(10-13)26-2/h3-10H,11-12H2,1-2H3,(H,21,25). The Balaban J connectivity index is 1.58. The van der Waals surface area contributed by atoms with Gasteiger partial charge in [-0.15, -0.1) is 0 Å². The van der Waals surface area contributed by atoms with Crippen LogP contribution in [0.2, 0.25) is 0 Å². The normalized spacial score (nSPS) is 10.5. The van der Waals surface area contributed by atoms with Gasteiger partial charge in [0.1, 0.15) is 17.4 Å². The number of nitrogens with one attached hydrogen (secondary N) is 1. The average Bonchev–Trinajstić information content (AvgIpc) is 3.12. The molecule has 2 aromatic carbocycles. The second kappa shape index (κ2) is 8.59. The monoisotopic (exact) mass is 386 g/mol. The first kappa shape index (κ1) is 18.8. The molecule has 0 aliphatic carbocycles. The van der Waals surface area contributed by atoms with Crippen LogP contribution in [0.15, 0.2) is 48.5 Å². The summed E-state index contributed by atoms with van der Waals surface area (Å²) in [6.45, 7) is 0.116. The van der Waals surface area contributed by atoms with Crippen LogP contribution in [0.25, 0.3) is 0 Å². The fourth-order valence-electron chi connectivity index (χ4n) is 2.45. The third-order valence-electron chi connectivity index (χ3n) is 3.79. The molecule has 27 heavy (non-hydrogen) atoms. The molecule has 0 radical (unpaired) electrons. The molecule has 0 bridgehead atoms. The summed E-state index contributed by atoms with van der Waals surface area (Å²) in [5.74, 6) is 0.919. The van der Waals surface area contributed by atoms with Gasteiger partial charge in [0, 0.05) is 30.7 Å². The van der Waals surface area contributed by atoms with Crippen molar-refractivity contribution in [2.75, 3.05) is 30.9 Å². The van der Waals surface area contributed by atoms with E-state index in [0.717, 1.165) is 11.3 Å². The number of anilines is 2. The lowest BCUT2D eigenvalue weighted by Crippen LogP contribution is -2.30. The number of carbonyl (C=O) groups excluding carboxylic acids is 1. The maximum absolute atomic E-state index is 12.9. The quantitative estimate of drug-likeness (QED) is 0.674. The summed E-state index contributed by atoms with van der Waals surface area (Å²) < 4.78 is 22.5. The van der Waals surface area contributed by atoms with E-state index in [1.165, 1.54) is 35.8 Å². The number of carbonyl (C=O) groups is 1. The summed E-state index contributed by atoms with van der Waals surface area (Å²) in [4.78, 5) is 18.4. The van der Waals surface area contributed by atoms with Crippen molar-refractivity contribution >= 4 is 28.3 Å². The Kier molecular flexibility index (Phi) is 5.97. The molecule has 0 spiro atoms. The van der Waals surface area contributed by atoms with E-state index in [-0.39, 0.29) is 18.3 Å². The molecule has 0 aliphatic rings. The maximum atomic E-state index is 12.9. The second-order valence-corrected chi connectivity index (χ2v) is 6.66. The Hall–Kier alpha value is -3.00. The van der Waals surface area contributed by atoms with E-state index in [1.807, 2.05) is 24.3 Å². The number of methoxy groups -OCH3 is 1. The van der Waals surface area contributed by atoms with Gasteiger partial charge in [-0.1, -0.05) is 12.1 Å². The SMILES string of the molecule is COc1cccc(Cc2nsc(N(C)CC(=O)Nc3ccc(F)cc3)n2)c1. The van der Waals surface area contributed by atoms with E-state index in [4.69, 9.17) is 4.74 Å². The molecule has 0 saturated heterocycles. The Morgan fingerprint density at radius 3 is 2.78 bits per heavy atom. The van der Waals surface area contributed by atoms with Crippen LogP contribution in [-0.4, -0.2) is 36.0 Å². The zero-order chi connectivity index (χ0) is 19.2. The number of halogens is 1. The van der Waals surface area contributed by atoms with Crippen LogP contribution in [0, 0.1) is 5.82 Å². The molecule has 140 valence electrons. The van der Waals surface area contributed by atoms with Crippen LogP contribution in [0.1, 0.15) is 11.4 Å². The lowest BCUT2D eigenvalue weighted by atomic mass is 10.1. The average molecular weight is 386 g/mol.